The van der Waals surface area contributed by atoms with Gasteiger partial charge in [0, 0.05) is 12.1 Å². The summed E-state index contributed by atoms with van der Waals surface area (Å²) in [4.78, 5) is 0. The third-order valence-corrected chi connectivity index (χ3v) is 5.87. The molecule has 1 heterocycles. The minimum Gasteiger partial charge on any atom is -0.328 e. The maximum absolute atomic E-state index is 11.5. The predicted octanol–water partition coefficient (Wildman–Crippen LogP) is 0.671. The molecule has 17 heavy (non-hydrogen) atoms. The molecule has 2 aliphatic rings. The Kier molecular flexibility index (Phi) is 4.44. The van der Waals surface area contributed by atoms with E-state index in [1.165, 1.54) is 12.8 Å². The predicted molar refractivity (Wildman–Crippen MR) is 69.6 cm³/mol. The van der Waals surface area contributed by atoms with Gasteiger partial charge in [0.25, 0.3) is 0 Å². The normalized spacial score (nSPS) is 37.8. The van der Waals surface area contributed by atoms with Crippen LogP contribution >= 0.6 is 0 Å². The Bertz CT molecular complexity index is 334. The first-order valence-corrected chi connectivity index (χ1v) is 8.57. The van der Waals surface area contributed by atoms with Crippen molar-refractivity contribution in [3.05, 3.63) is 0 Å². The zero-order chi connectivity index (χ0) is 12.3. The molecule has 1 saturated heterocycles. The highest BCUT2D eigenvalue weighted by atomic mass is 32.2. The average Bonchev–Trinajstić information content (AvgIpc) is 2.27. The van der Waals surface area contributed by atoms with Crippen molar-refractivity contribution in [1.82, 2.24) is 5.32 Å². The van der Waals surface area contributed by atoms with Crippen LogP contribution < -0.4 is 11.1 Å². The lowest BCUT2D eigenvalue weighted by molar-refractivity contribution is 0.302. The Balaban J connectivity index is 1.71. The van der Waals surface area contributed by atoms with E-state index < -0.39 is 9.84 Å². The standard InChI is InChI=1S/C12H24N2O2S/c13-11-5-3-10(4-6-11)8-14-12-2-1-7-17(15,16)9-12/h10-12,14H,1-9,13H2. The van der Waals surface area contributed by atoms with E-state index in [0.29, 0.717) is 23.5 Å². The fourth-order valence-corrected chi connectivity index (χ4v) is 4.58. The van der Waals surface area contributed by atoms with Crippen LogP contribution in [-0.4, -0.2) is 38.6 Å². The minimum atomic E-state index is -2.78. The van der Waals surface area contributed by atoms with Gasteiger partial charge in [-0.2, -0.15) is 0 Å². The van der Waals surface area contributed by atoms with Gasteiger partial charge in [0.15, 0.2) is 9.84 Å². The fraction of sp³-hybridized carbons (Fsp3) is 1.00. The zero-order valence-electron chi connectivity index (χ0n) is 10.4. The Morgan fingerprint density at radius 2 is 1.82 bits per heavy atom. The summed E-state index contributed by atoms with van der Waals surface area (Å²) in [7, 11) is -2.78. The number of nitrogens with one attached hydrogen (secondary N) is 1. The molecule has 0 aromatic rings. The van der Waals surface area contributed by atoms with Crippen LogP contribution in [0.25, 0.3) is 0 Å². The molecule has 0 spiro atoms. The van der Waals surface area contributed by atoms with E-state index in [-0.39, 0.29) is 6.04 Å². The van der Waals surface area contributed by atoms with Crippen LogP contribution in [0.1, 0.15) is 38.5 Å². The van der Waals surface area contributed by atoms with Crippen LogP contribution in [0.2, 0.25) is 0 Å². The molecule has 1 unspecified atom stereocenters. The van der Waals surface area contributed by atoms with E-state index >= 15 is 0 Å². The molecule has 1 aliphatic carbocycles. The van der Waals surface area contributed by atoms with Crippen LogP contribution in [0.5, 0.6) is 0 Å². The Morgan fingerprint density at radius 3 is 2.47 bits per heavy atom. The van der Waals surface area contributed by atoms with Gasteiger partial charge in [-0.15, -0.1) is 0 Å². The lowest BCUT2D eigenvalue weighted by Crippen LogP contribution is -2.43. The van der Waals surface area contributed by atoms with E-state index in [2.05, 4.69) is 5.32 Å². The second-order valence-corrected chi connectivity index (χ2v) is 7.87. The minimum absolute atomic E-state index is 0.185. The van der Waals surface area contributed by atoms with Crippen molar-refractivity contribution in [1.29, 1.82) is 0 Å². The van der Waals surface area contributed by atoms with Gasteiger partial charge in [-0.25, -0.2) is 8.42 Å². The highest BCUT2D eigenvalue weighted by molar-refractivity contribution is 7.91. The van der Waals surface area contributed by atoms with Crippen LogP contribution in [0.4, 0.5) is 0 Å². The SMILES string of the molecule is NC1CCC(CNC2CCCS(=O)(=O)C2)CC1. The van der Waals surface area contributed by atoms with Crippen LogP contribution in [0.3, 0.4) is 0 Å². The molecule has 0 amide bonds. The van der Waals surface area contributed by atoms with Gasteiger partial charge in [-0.1, -0.05) is 0 Å². The highest BCUT2D eigenvalue weighted by Gasteiger charge is 2.25. The number of rotatable bonds is 3. The second-order valence-electron chi connectivity index (χ2n) is 5.64. The van der Waals surface area contributed by atoms with Gasteiger partial charge < -0.3 is 11.1 Å². The van der Waals surface area contributed by atoms with Crippen molar-refractivity contribution < 1.29 is 8.42 Å². The molecule has 5 heteroatoms. The first-order valence-electron chi connectivity index (χ1n) is 6.74. The second kappa shape index (κ2) is 5.67. The van der Waals surface area contributed by atoms with Crippen molar-refractivity contribution in [3.63, 3.8) is 0 Å². The van der Waals surface area contributed by atoms with Gasteiger partial charge in [-0.05, 0) is 51.0 Å². The molecule has 1 aliphatic heterocycles. The summed E-state index contributed by atoms with van der Waals surface area (Å²) in [6.07, 6.45) is 6.44. The molecule has 0 bridgehead atoms. The molecular weight excluding hydrogens is 236 g/mol. The Morgan fingerprint density at radius 1 is 1.12 bits per heavy atom. The average molecular weight is 260 g/mol. The maximum Gasteiger partial charge on any atom is 0.151 e. The molecule has 0 aromatic heterocycles. The summed E-state index contributed by atoms with van der Waals surface area (Å²) < 4.78 is 23.0. The largest absolute Gasteiger partial charge is 0.328 e. The van der Waals surface area contributed by atoms with Gasteiger partial charge in [0.1, 0.15) is 0 Å². The summed E-state index contributed by atoms with van der Waals surface area (Å²) in [5.41, 5.74) is 5.87. The zero-order valence-corrected chi connectivity index (χ0v) is 11.2. The highest BCUT2D eigenvalue weighted by Crippen LogP contribution is 2.23. The lowest BCUT2D eigenvalue weighted by atomic mass is 9.86. The summed E-state index contributed by atoms with van der Waals surface area (Å²) >= 11 is 0. The molecule has 3 N–H and O–H groups in total. The van der Waals surface area contributed by atoms with E-state index in [1.54, 1.807) is 0 Å². The van der Waals surface area contributed by atoms with Gasteiger partial charge in [0.2, 0.25) is 0 Å². The first-order chi connectivity index (χ1) is 8.05. The maximum atomic E-state index is 11.5. The third kappa shape index (κ3) is 4.23. The molecule has 2 rings (SSSR count). The molecule has 4 nitrogen and oxygen atoms in total. The van der Waals surface area contributed by atoms with Crippen molar-refractivity contribution in [2.24, 2.45) is 11.7 Å². The summed E-state index contributed by atoms with van der Waals surface area (Å²) in [5, 5.41) is 3.44. The smallest absolute Gasteiger partial charge is 0.151 e. The molecule has 0 aromatic carbocycles. The Hall–Kier alpha value is -0.130. The lowest BCUT2D eigenvalue weighted by Gasteiger charge is -2.29. The van der Waals surface area contributed by atoms with Gasteiger partial charge >= 0.3 is 0 Å². The monoisotopic (exact) mass is 260 g/mol. The molecule has 1 atom stereocenters. The van der Waals surface area contributed by atoms with E-state index in [4.69, 9.17) is 5.73 Å². The molecule has 1 saturated carbocycles. The summed E-state index contributed by atoms with van der Waals surface area (Å²) in [6.45, 7) is 0.965. The van der Waals surface area contributed by atoms with Gasteiger partial charge in [-0.3, -0.25) is 0 Å². The van der Waals surface area contributed by atoms with E-state index in [1.807, 2.05) is 0 Å². The van der Waals surface area contributed by atoms with E-state index in [9.17, 15) is 8.42 Å². The third-order valence-electron chi connectivity index (χ3n) is 4.05. The van der Waals surface area contributed by atoms with E-state index in [0.717, 1.165) is 32.2 Å². The Labute approximate surface area is 104 Å². The number of hydrogen-bond donors (Lipinski definition) is 2. The molecular formula is C12H24N2O2S. The van der Waals surface area contributed by atoms with Gasteiger partial charge in [0.05, 0.1) is 11.5 Å². The van der Waals surface area contributed by atoms with Crippen molar-refractivity contribution in [2.75, 3.05) is 18.1 Å². The van der Waals surface area contributed by atoms with Crippen LogP contribution in [0, 0.1) is 5.92 Å². The van der Waals surface area contributed by atoms with Crippen LogP contribution in [0.15, 0.2) is 0 Å². The van der Waals surface area contributed by atoms with Crippen LogP contribution in [-0.2, 0) is 9.84 Å². The quantitative estimate of drug-likeness (QED) is 0.782. The number of nitrogens with two attached hydrogens (primary N) is 1. The molecule has 100 valence electrons. The number of sulfone groups is 1. The molecule has 2 fully saturated rings. The summed E-state index contributed by atoms with van der Waals surface area (Å²) in [6, 6.07) is 0.575. The first kappa shape index (κ1) is 13.3. The fourth-order valence-electron chi connectivity index (χ4n) is 2.91. The summed E-state index contributed by atoms with van der Waals surface area (Å²) in [5.74, 6) is 1.40. The van der Waals surface area contributed by atoms with Crippen molar-refractivity contribution in [2.45, 2.75) is 50.6 Å². The molecule has 0 radical (unpaired) electrons. The van der Waals surface area contributed by atoms with Crippen molar-refractivity contribution >= 4 is 9.84 Å². The number of hydrogen-bond acceptors (Lipinski definition) is 4. The topological polar surface area (TPSA) is 72.2 Å². The van der Waals surface area contributed by atoms with Crippen molar-refractivity contribution in [3.8, 4) is 0 Å².